The maximum Gasteiger partial charge on any atom is 0.122 e. The van der Waals surface area contributed by atoms with Crippen LogP contribution in [0.3, 0.4) is 0 Å². The monoisotopic (exact) mass is 244 g/mol. The lowest BCUT2D eigenvalue weighted by Gasteiger charge is -2.07. The normalized spacial score (nSPS) is 10.2. The van der Waals surface area contributed by atoms with Gasteiger partial charge in [0.2, 0.25) is 0 Å². The first-order valence-electron chi connectivity index (χ1n) is 5.70. The largest absolute Gasteiger partial charge is 0.496 e. The van der Waals surface area contributed by atoms with Crippen LogP contribution in [-0.2, 0) is 6.42 Å². The van der Waals surface area contributed by atoms with E-state index in [2.05, 4.69) is 36.4 Å². The predicted molar refractivity (Wildman–Crippen MR) is 73.9 cm³/mol. The SMILES string of the molecule is COc1ccccc1CCSc1ccccc1. The quantitative estimate of drug-likeness (QED) is 0.734. The summed E-state index contributed by atoms with van der Waals surface area (Å²) < 4.78 is 5.34. The van der Waals surface area contributed by atoms with Crippen LogP contribution < -0.4 is 4.74 Å². The van der Waals surface area contributed by atoms with Gasteiger partial charge in [0, 0.05) is 10.6 Å². The Hall–Kier alpha value is -1.41. The summed E-state index contributed by atoms with van der Waals surface area (Å²) in [7, 11) is 1.73. The van der Waals surface area contributed by atoms with Crippen molar-refractivity contribution >= 4 is 11.8 Å². The first-order chi connectivity index (χ1) is 8.40. The molecule has 2 heteroatoms. The molecule has 0 aliphatic heterocycles. The van der Waals surface area contributed by atoms with Gasteiger partial charge in [0.15, 0.2) is 0 Å². The second kappa shape index (κ2) is 6.36. The van der Waals surface area contributed by atoms with E-state index < -0.39 is 0 Å². The zero-order chi connectivity index (χ0) is 11.9. The lowest BCUT2D eigenvalue weighted by molar-refractivity contribution is 0.410. The van der Waals surface area contributed by atoms with E-state index in [4.69, 9.17) is 4.74 Å². The lowest BCUT2D eigenvalue weighted by atomic mass is 10.1. The van der Waals surface area contributed by atoms with Crippen LogP contribution in [0.5, 0.6) is 5.75 Å². The summed E-state index contributed by atoms with van der Waals surface area (Å²) in [5.41, 5.74) is 1.28. The molecule has 2 aromatic carbocycles. The van der Waals surface area contributed by atoms with Crippen molar-refractivity contribution < 1.29 is 4.74 Å². The highest BCUT2D eigenvalue weighted by Gasteiger charge is 2.01. The zero-order valence-corrected chi connectivity index (χ0v) is 10.7. The number of hydrogen-bond donors (Lipinski definition) is 0. The molecule has 0 aliphatic carbocycles. The average molecular weight is 244 g/mol. The first kappa shape index (κ1) is 12.1. The Morgan fingerprint density at radius 1 is 0.941 bits per heavy atom. The Morgan fingerprint density at radius 3 is 2.41 bits per heavy atom. The van der Waals surface area contributed by atoms with E-state index in [1.54, 1.807) is 7.11 Å². The Labute approximate surface area is 107 Å². The molecule has 0 aromatic heterocycles. The molecule has 0 saturated carbocycles. The molecule has 0 saturated heterocycles. The molecule has 0 unspecified atom stereocenters. The van der Waals surface area contributed by atoms with Gasteiger partial charge in [-0.15, -0.1) is 11.8 Å². The predicted octanol–water partition coefficient (Wildman–Crippen LogP) is 4.03. The van der Waals surface area contributed by atoms with Crippen molar-refractivity contribution in [1.29, 1.82) is 0 Å². The summed E-state index contributed by atoms with van der Waals surface area (Å²) in [5, 5.41) is 0. The minimum Gasteiger partial charge on any atom is -0.496 e. The Bertz CT molecular complexity index is 453. The molecule has 0 radical (unpaired) electrons. The molecule has 0 spiro atoms. The summed E-state index contributed by atoms with van der Waals surface area (Å²) in [6.45, 7) is 0. The maximum atomic E-state index is 5.34. The fourth-order valence-corrected chi connectivity index (χ4v) is 2.61. The molecule has 1 nitrogen and oxygen atoms in total. The second-order valence-corrected chi connectivity index (χ2v) is 4.89. The molecule has 17 heavy (non-hydrogen) atoms. The molecular weight excluding hydrogens is 228 g/mol. The lowest BCUT2D eigenvalue weighted by Crippen LogP contribution is -1.93. The van der Waals surface area contributed by atoms with E-state index in [0.717, 1.165) is 17.9 Å². The maximum absolute atomic E-state index is 5.34. The van der Waals surface area contributed by atoms with Crippen molar-refractivity contribution in [3.63, 3.8) is 0 Å². The van der Waals surface area contributed by atoms with Gasteiger partial charge >= 0.3 is 0 Å². The number of aryl methyl sites for hydroxylation is 1. The van der Waals surface area contributed by atoms with Gasteiger partial charge < -0.3 is 4.74 Å². The van der Waals surface area contributed by atoms with E-state index in [0.29, 0.717) is 0 Å². The van der Waals surface area contributed by atoms with E-state index in [1.807, 2.05) is 30.0 Å². The fraction of sp³-hybridized carbons (Fsp3) is 0.200. The summed E-state index contributed by atoms with van der Waals surface area (Å²) in [6.07, 6.45) is 1.03. The van der Waals surface area contributed by atoms with E-state index in [1.165, 1.54) is 10.5 Å². The summed E-state index contributed by atoms with van der Waals surface area (Å²) in [5.74, 6) is 2.06. The number of methoxy groups -OCH3 is 1. The summed E-state index contributed by atoms with van der Waals surface area (Å²) in [4.78, 5) is 1.32. The molecule has 88 valence electrons. The Morgan fingerprint density at radius 2 is 1.65 bits per heavy atom. The third-order valence-electron chi connectivity index (χ3n) is 2.58. The van der Waals surface area contributed by atoms with Crippen LogP contribution in [0.4, 0.5) is 0 Å². The molecule has 0 amide bonds. The highest BCUT2D eigenvalue weighted by molar-refractivity contribution is 7.99. The third-order valence-corrected chi connectivity index (χ3v) is 3.59. The van der Waals surface area contributed by atoms with Gasteiger partial charge in [-0.1, -0.05) is 36.4 Å². The molecule has 2 aromatic rings. The van der Waals surface area contributed by atoms with Crippen molar-refractivity contribution in [2.24, 2.45) is 0 Å². The van der Waals surface area contributed by atoms with Crippen LogP contribution in [0.2, 0.25) is 0 Å². The van der Waals surface area contributed by atoms with E-state index >= 15 is 0 Å². The number of benzene rings is 2. The zero-order valence-electron chi connectivity index (χ0n) is 9.93. The van der Waals surface area contributed by atoms with E-state index in [-0.39, 0.29) is 0 Å². The first-order valence-corrected chi connectivity index (χ1v) is 6.68. The number of hydrogen-bond acceptors (Lipinski definition) is 2. The average Bonchev–Trinajstić information content (AvgIpc) is 2.40. The minimum absolute atomic E-state index is 0.987. The highest BCUT2D eigenvalue weighted by Crippen LogP contribution is 2.22. The smallest absolute Gasteiger partial charge is 0.122 e. The highest BCUT2D eigenvalue weighted by atomic mass is 32.2. The molecule has 0 fully saturated rings. The second-order valence-electron chi connectivity index (χ2n) is 3.72. The van der Waals surface area contributed by atoms with Crippen LogP contribution in [0, 0.1) is 0 Å². The van der Waals surface area contributed by atoms with Crippen molar-refractivity contribution in [2.75, 3.05) is 12.9 Å². The van der Waals surface area contributed by atoms with Crippen LogP contribution in [0.1, 0.15) is 5.56 Å². The topological polar surface area (TPSA) is 9.23 Å². The van der Waals surface area contributed by atoms with Gasteiger partial charge in [0.25, 0.3) is 0 Å². The van der Waals surface area contributed by atoms with Gasteiger partial charge in [-0.05, 0) is 30.2 Å². The minimum atomic E-state index is 0.987. The molecule has 0 bridgehead atoms. The third kappa shape index (κ3) is 3.53. The van der Waals surface area contributed by atoms with Crippen LogP contribution in [0.25, 0.3) is 0 Å². The summed E-state index contributed by atoms with van der Waals surface area (Å²) in [6, 6.07) is 18.7. The number of para-hydroxylation sites is 1. The van der Waals surface area contributed by atoms with Crippen LogP contribution >= 0.6 is 11.8 Å². The number of thioether (sulfide) groups is 1. The van der Waals surface area contributed by atoms with Gasteiger partial charge in [-0.3, -0.25) is 0 Å². The molecule has 0 aliphatic rings. The van der Waals surface area contributed by atoms with Gasteiger partial charge in [0.05, 0.1) is 7.11 Å². The van der Waals surface area contributed by atoms with Crippen molar-refractivity contribution in [3.05, 3.63) is 60.2 Å². The van der Waals surface area contributed by atoms with Gasteiger partial charge in [-0.25, -0.2) is 0 Å². The Balaban J connectivity index is 1.90. The van der Waals surface area contributed by atoms with Crippen molar-refractivity contribution in [1.82, 2.24) is 0 Å². The van der Waals surface area contributed by atoms with Gasteiger partial charge in [-0.2, -0.15) is 0 Å². The van der Waals surface area contributed by atoms with Crippen molar-refractivity contribution in [3.8, 4) is 5.75 Å². The van der Waals surface area contributed by atoms with Gasteiger partial charge in [0.1, 0.15) is 5.75 Å². The molecular formula is C15H16OS. The molecule has 0 atom stereocenters. The number of rotatable bonds is 5. The number of ether oxygens (including phenoxy) is 1. The van der Waals surface area contributed by atoms with Crippen LogP contribution in [0.15, 0.2) is 59.5 Å². The van der Waals surface area contributed by atoms with Crippen LogP contribution in [-0.4, -0.2) is 12.9 Å². The fourth-order valence-electron chi connectivity index (χ4n) is 1.71. The standard InChI is InChI=1S/C15H16OS/c1-16-15-10-6-5-7-13(15)11-12-17-14-8-3-2-4-9-14/h2-10H,11-12H2,1H3. The van der Waals surface area contributed by atoms with Crippen molar-refractivity contribution in [2.45, 2.75) is 11.3 Å². The summed E-state index contributed by atoms with van der Waals surface area (Å²) >= 11 is 1.88. The molecule has 2 rings (SSSR count). The Kier molecular flexibility index (Phi) is 4.51. The molecule has 0 N–H and O–H groups in total. The van der Waals surface area contributed by atoms with E-state index in [9.17, 15) is 0 Å². The molecule has 0 heterocycles.